The first-order valence-electron chi connectivity index (χ1n) is 7.92. The van der Waals surface area contributed by atoms with Gasteiger partial charge >= 0.3 is 0 Å². The summed E-state index contributed by atoms with van der Waals surface area (Å²) in [5.41, 5.74) is -0.306. The van der Waals surface area contributed by atoms with E-state index in [1.807, 2.05) is 0 Å². The molecule has 0 saturated heterocycles. The molecule has 4 atom stereocenters. The van der Waals surface area contributed by atoms with Crippen molar-refractivity contribution in [1.82, 2.24) is 0 Å². The molecule has 0 aromatic heterocycles. The van der Waals surface area contributed by atoms with Crippen molar-refractivity contribution in [2.24, 2.45) is 17.8 Å². The molecule has 1 N–H and O–H groups in total. The Balaban J connectivity index is 2.06. The Kier molecular flexibility index (Phi) is 4.52. The van der Waals surface area contributed by atoms with Gasteiger partial charge in [-0.1, -0.05) is 58.8 Å². The summed E-state index contributed by atoms with van der Waals surface area (Å²) in [6.45, 7) is 4.60. The topological polar surface area (TPSA) is 20.2 Å². The van der Waals surface area contributed by atoms with E-state index in [2.05, 4.69) is 13.8 Å². The molecule has 100 valence electrons. The van der Waals surface area contributed by atoms with Crippen molar-refractivity contribution in [2.45, 2.75) is 83.7 Å². The quantitative estimate of drug-likeness (QED) is 0.765. The molecule has 0 aromatic carbocycles. The fourth-order valence-corrected chi connectivity index (χ4v) is 4.49. The van der Waals surface area contributed by atoms with Gasteiger partial charge in [-0.05, 0) is 37.0 Å². The predicted octanol–water partition coefficient (Wildman–Crippen LogP) is 4.53. The van der Waals surface area contributed by atoms with Gasteiger partial charge in [-0.2, -0.15) is 0 Å². The van der Waals surface area contributed by atoms with Gasteiger partial charge in [0.15, 0.2) is 0 Å². The Bertz CT molecular complexity index is 238. The van der Waals surface area contributed by atoms with Crippen LogP contribution in [-0.4, -0.2) is 10.7 Å². The van der Waals surface area contributed by atoms with Gasteiger partial charge < -0.3 is 5.11 Å². The molecule has 4 unspecified atom stereocenters. The Morgan fingerprint density at radius 2 is 1.76 bits per heavy atom. The molecule has 2 aliphatic carbocycles. The first kappa shape index (κ1) is 13.4. The second-order valence-corrected chi connectivity index (χ2v) is 6.53. The zero-order valence-corrected chi connectivity index (χ0v) is 11.8. The van der Waals surface area contributed by atoms with Crippen molar-refractivity contribution in [2.75, 3.05) is 0 Å². The van der Waals surface area contributed by atoms with E-state index < -0.39 is 0 Å². The van der Waals surface area contributed by atoms with Gasteiger partial charge in [-0.3, -0.25) is 0 Å². The molecule has 0 spiro atoms. The molecule has 2 saturated carbocycles. The molecule has 0 bridgehead atoms. The molecule has 0 aliphatic heterocycles. The minimum Gasteiger partial charge on any atom is -0.390 e. The van der Waals surface area contributed by atoms with Crippen LogP contribution in [0.2, 0.25) is 0 Å². The lowest BCUT2D eigenvalue weighted by Crippen LogP contribution is -2.46. The molecule has 1 heteroatoms. The summed E-state index contributed by atoms with van der Waals surface area (Å²) in [5.74, 6) is 2.19. The molecule has 0 radical (unpaired) electrons. The van der Waals surface area contributed by atoms with Gasteiger partial charge in [0.1, 0.15) is 0 Å². The molecule has 1 nitrogen and oxygen atoms in total. The fourth-order valence-electron chi connectivity index (χ4n) is 4.49. The van der Waals surface area contributed by atoms with Crippen molar-refractivity contribution >= 4 is 0 Å². The van der Waals surface area contributed by atoms with Crippen LogP contribution in [0.5, 0.6) is 0 Å². The monoisotopic (exact) mass is 238 g/mol. The first-order valence-corrected chi connectivity index (χ1v) is 7.92. The van der Waals surface area contributed by atoms with Crippen LogP contribution in [0, 0.1) is 17.8 Å². The van der Waals surface area contributed by atoms with E-state index in [9.17, 15) is 5.11 Å². The maximum absolute atomic E-state index is 11.1. The SMILES string of the molecule is CCC1CCCC(O)(C2CCCCC2CC)C1. The Morgan fingerprint density at radius 1 is 1.00 bits per heavy atom. The van der Waals surface area contributed by atoms with Gasteiger partial charge in [0, 0.05) is 0 Å². The molecule has 2 fully saturated rings. The average Bonchev–Trinajstić information content (AvgIpc) is 2.38. The minimum atomic E-state index is -0.306. The van der Waals surface area contributed by atoms with E-state index in [4.69, 9.17) is 0 Å². The standard InChI is InChI=1S/C16H30O/c1-3-13-8-7-11-16(17,12-13)15-10-6-5-9-14(15)4-2/h13-15,17H,3-12H2,1-2H3. The summed E-state index contributed by atoms with van der Waals surface area (Å²) in [4.78, 5) is 0. The van der Waals surface area contributed by atoms with Gasteiger partial charge in [0.25, 0.3) is 0 Å². The summed E-state index contributed by atoms with van der Waals surface area (Å²) in [7, 11) is 0. The van der Waals surface area contributed by atoms with Crippen LogP contribution in [0.3, 0.4) is 0 Å². The summed E-state index contributed by atoms with van der Waals surface area (Å²) in [6, 6.07) is 0. The second-order valence-electron chi connectivity index (χ2n) is 6.53. The molecule has 0 amide bonds. The van der Waals surface area contributed by atoms with Gasteiger partial charge in [0.2, 0.25) is 0 Å². The van der Waals surface area contributed by atoms with Crippen molar-refractivity contribution in [3.8, 4) is 0 Å². The zero-order chi connectivity index (χ0) is 12.3. The van der Waals surface area contributed by atoms with E-state index in [0.717, 1.165) is 24.7 Å². The summed E-state index contributed by atoms with van der Waals surface area (Å²) in [5, 5.41) is 11.1. The Labute approximate surface area is 107 Å². The number of hydrogen-bond acceptors (Lipinski definition) is 1. The molecule has 0 aromatic rings. The lowest BCUT2D eigenvalue weighted by molar-refractivity contribution is -0.0961. The summed E-state index contributed by atoms with van der Waals surface area (Å²) < 4.78 is 0. The van der Waals surface area contributed by atoms with Gasteiger partial charge in [0.05, 0.1) is 5.60 Å². The normalized spacial score (nSPS) is 43.6. The van der Waals surface area contributed by atoms with Crippen molar-refractivity contribution in [3.63, 3.8) is 0 Å². The highest BCUT2D eigenvalue weighted by molar-refractivity contribution is 4.95. The van der Waals surface area contributed by atoms with E-state index in [1.54, 1.807) is 0 Å². The van der Waals surface area contributed by atoms with Gasteiger partial charge in [-0.15, -0.1) is 0 Å². The maximum atomic E-state index is 11.1. The Morgan fingerprint density at radius 3 is 2.47 bits per heavy atom. The third-order valence-corrected chi connectivity index (χ3v) is 5.57. The van der Waals surface area contributed by atoms with Crippen LogP contribution in [0.1, 0.15) is 78.1 Å². The highest BCUT2D eigenvalue weighted by atomic mass is 16.3. The van der Waals surface area contributed by atoms with Crippen LogP contribution in [0.4, 0.5) is 0 Å². The highest BCUT2D eigenvalue weighted by Crippen LogP contribution is 2.47. The third kappa shape index (κ3) is 2.86. The van der Waals surface area contributed by atoms with E-state index >= 15 is 0 Å². The van der Waals surface area contributed by atoms with E-state index in [-0.39, 0.29) is 5.60 Å². The first-order chi connectivity index (χ1) is 8.19. The fraction of sp³-hybridized carbons (Fsp3) is 1.00. The smallest absolute Gasteiger partial charge is 0.0681 e. The van der Waals surface area contributed by atoms with Crippen molar-refractivity contribution in [3.05, 3.63) is 0 Å². The second kappa shape index (κ2) is 5.73. The molecule has 2 rings (SSSR count). The van der Waals surface area contributed by atoms with E-state index in [0.29, 0.717) is 5.92 Å². The zero-order valence-electron chi connectivity index (χ0n) is 11.8. The van der Waals surface area contributed by atoms with Crippen LogP contribution < -0.4 is 0 Å². The molecule has 0 heterocycles. The molecule has 2 aliphatic rings. The average molecular weight is 238 g/mol. The molecular formula is C16H30O. The lowest BCUT2D eigenvalue weighted by Gasteiger charge is -2.47. The van der Waals surface area contributed by atoms with Crippen molar-refractivity contribution in [1.29, 1.82) is 0 Å². The Hall–Kier alpha value is -0.0400. The van der Waals surface area contributed by atoms with Crippen molar-refractivity contribution < 1.29 is 5.11 Å². The number of aliphatic hydroxyl groups is 1. The molecule has 17 heavy (non-hydrogen) atoms. The van der Waals surface area contributed by atoms with E-state index in [1.165, 1.54) is 51.4 Å². The summed E-state index contributed by atoms with van der Waals surface area (Å²) >= 11 is 0. The largest absolute Gasteiger partial charge is 0.390 e. The third-order valence-electron chi connectivity index (χ3n) is 5.57. The van der Waals surface area contributed by atoms with Crippen LogP contribution >= 0.6 is 0 Å². The minimum absolute atomic E-state index is 0.306. The molecular weight excluding hydrogens is 208 g/mol. The van der Waals surface area contributed by atoms with Crippen LogP contribution in [-0.2, 0) is 0 Å². The van der Waals surface area contributed by atoms with Crippen LogP contribution in [0.25, 0.3) is 0 Å². The predicted molar refractivity (Wildman–Crippen MR) is 72.9 cm³/mol. The number of rotatable bonds is 3. The highest BCUT2D eigenvalue weighted by Gasteiger charge is 2.44. The van der Waals surface area contributed by atoms with Crippen LogP contribution in [0.15, 0.2) is 0 Å². The number of hydrogen-bond donors (Lipinski definition) is 1. The van der Waals surface area contributed by atoms with Gasteiger partial charge in [-0.25, -0.2) is 0 Å². The maximum Gasteiger partial charge on any atom is 0.0681 e. The lowest BCUT2D eigenvalue weighted by atomic mass is 9.62. The summed E-state index contributed by atoms with van der Waals surface area (Å²) in [6.07, 6.45) is 12.7.